The molecule has 2 N–H and O–H groups in total. The molecule has 2 amide bonds. The van der Waals surface area contributed by atoms with Crippen LogP contribution < -0.4 is 21.9 Å². The Morgan fingerprint density at radius 3 is 2.25 bits per heavy atom. The van der Waals surface area contributed by atoms with Gasteiger partial charge in [-0.15, -0.1) is 5.10 Å². The van der Waals surface area contributed by atoms with E-state index in [9.17, 15) is 19.2 Å². The molecule has 0 bridgehead atoms. The van der Waals surface area contributed by atoms with E-state index >= 15 is 0 Å². The van der Waals surface area contributed by atoms with Crippen LogP contribution in [-0.2, 0) is 17.9 Å². The number of nitrogens with one attached hydrogen (secondary N) is 2. The number of fused-ring (bicyclic) bond motifs is 3. The average Bonchev–Trinajstić information content (AvgIpc) is 2.99. The molecule has 32 heavy (non-hydrogen) atoms. The summed E-state index contributed by atoms with van der Waals surface area (Å²) < 4.78 is 3.79. The van der Waals surface area contributed by atoms with Crippen molar-refractivity contribution in [3.63, 3.8) is 0 Å². The van der Waals surface area contributed by atoms with E-state index in [0.29, 0.717) is 17.5 Å². The summed E-state index contributed by atoms with van der Waals surface area (Å²) >= 11 is 0. The van der Waals surface area contributed by atoms with Crippen LogP contribution in [0.2, 0.25) is 0 Å². The zero-order valence-electron chi connectivity index (χ0n) is 19.3. The summed E-state index contributed by atoms with van der Waals surface area (Å²) in [6.45, 7) is 11.3. The number of rotatable bonds is 7. The van der Waals surface area contributed by atoms with Crippen LogP contribution in [0.3, 0.4) is 0 Å². The highest BCUT2D eigenvalue weighted by Gasteiger charge is 2.20. The highest BCUT2D eigenvalue weighted by Crippen LogP contribution is 2.15. The standard InChI is InChI=1S/C22H30N6O4/c1-12(2)10-26-20(31)16-8-7-15(19(30)24-14(5)6)9-17(16)28-21(26)25-27(22(28)32)11-18(29)23-13(3)4/h7-9,12-14H,10-11H2,1-6H3,(H,23,29)(H,24,30). The molecule has 3 aromatic rings. The minimum Gasteiger partial charge on any atom is -0.352 e. The van der Waals surface area contributed by atoms with E-state index in [1.807, 2.05) is 41.5 Å². The van der Waals surface area contributed by atoms with E-state index in [1.165, 1.54) is 15.0 Å². The third-order valence-electron chi connectivity index (χ3n) is 4.75. The number of amides is 2. The summed E-state index contributed by atoms with van der Waals surface area (Å²) in [4.78, 5) is 51.2. The first-order valence-electron chi connectivity index (χ1n) is 10.8. The number of carbonyl (C=O) groups is 2. The fourth-order valence-corrected chi connectivity index (χ4v) is 3.54. The summed E-state index contributed by atoms with van der Waals surface area (Å²) in [7, 11) is 0. The maximum absolute atomic E-state index is 13.2. The maximum atomic E-state index is 13.2. The largest absolute Gasteiger partial charge is 0.352 e. The Kier molecular flexibility index (Phi) is 6.52. The molecule has 0 aliphatic heterocycles. The van der Waals surface area contributed by atoms with E-state index in [2.05, 4.69) is 15.7 Å². The zero-order chi connectivity index (χ0) is 23.7. The fourth-order valence-electron chi connectivity index (χ4n) is 3.54. The molecule has 10 heteroatoms. The van der Waals surface area contributed by atoms with Gasteiger partial charge < -0.3 is 10.6 Å². The van der Waals surface area contributed by atoms with Crippen LogP contribution in [0.15, 0.2) is 27.8 Å². The third-order valence-corrected chi connectivity index (χ3v) is 4.75. The van der Waals surface area contributed by atoms with Crippen LogP contribution >= 0.6 is 0 Å². The van der Waals surface area contributed by atoms with Gasteiger partial charge in [0.25, 0.3) is 11.5 Å². The first-order chi connectivity index (χ1) is 15.0. The molecular weight excluding hydrogens is 412 g/mol. The fraction of sp³-hybridized carbons (Fsp3) is 0.500. The van der Waals surface area contributed by atoms with E-state index in [-0.39, 0.29) is 53.2 Å². The number of carbonyl (C=O) groups excluding carboxylic acids is 2. The van der Waals surface area contributed by atoms with Crippen molar-refractivity contribution < 1.29 is 9.59 Å². The first kappa shape index (κ1) is 23.2. The first-order valence-corrected chi connectivity index (χ1v) is 10.8. The van der Waals surface area contributed by atoms with E-state index in [0.717, 1.165) is 4.68 Å². The lowest BCUT2D eigenvalue weighted by atomic mass is 10.1. The van der Waals surface area contributed by atoms with Crippen LogP contribution in [-0.4, -0.2) is 42.6 Å². The van der Waals surface area contributed by atoms with Crippen LogP contribution in [0.25, 0.3) is 16.7 Å². The molecule has 0 radical (unpaired) electrons. The molecule has 1 aromatic carbocycles. The highest BCUT2D eigenvalue weighted by atomic mass is 16.2. The number of aromatic nitrogens is 4. The van der Waals surface area contributed by atoms with Crippen LogP contribution in [0, 0.1) is 5.92 Å². The molecule has 0 atom stereocenters. The third kappa shape index (κ3) is 4.58. The van der Waals surface area contributed by atoms with Crippen molar-refractivity contribution in [2.45, 2.75) is 66.7 Å². The molecule has 0 fully saturated rings. The molecule has 3 rings (SSSR count). The van der Waals surface area contributed by atoms with Gasteiger partial charge in [0, 0.05) is 24.2 Å². The molecular formula is C22H30N6O4. The minimum atomic E-state index is -0.553. The van der Waals surface area contributed by atoms with Gasteiger partial charge in [-0.3, -0.25) is 19.0 Å². The Labute approximate surface area is 185 Å². The number of benzene rings is 1. The number of nitrogens with zero attached hydrogens (tertiary/aromatic N) is 4. The van der Waals surface area contributed by atoms with Gasteiger partial charge in [0.15, 0.2) is 0 Å². The zero-order valence-corrected chi connectivity index (χ0v) is 19.3. The Morgan fingerprint density at radius 2 is 1.66 bits per heavy atom. The Hall–Kier alpha value is -3.43. The van der Waals surface area contributed by atoms with E-state index < -0.39 is 5.69 Å². The van der Waals surface area contributed by atoms with Crippen molar-refractivity contribution in [3.05, 3.63) is 44.6 Å². The molecule has 0 saturated carbocycles. The van der Waals surface area contributed by atoms with Crippen molar-refractivity contribution >= 4 is 28.5 Å². The SMILES string of the molecule is CC(C)Cn1c(=O)c2ccc(C(=O)NC(C)C)cc2n2c(=O)n(CC(=O)NC(C)C)nc12. The van der Waals surface area contributed by atoms with Gasteiger partial charge in [0.05, 0.1) is 10.9 Å². The summed E-state index contributed by atoms with van der Waals surface area (Å²) in [5.74, 6) is -0.405. The van der Waals surface area contributed by atoms with Crippen LogP contribution in [0.5, 0.6) is 0 Å². The second-order valence-corrected chi connectivity index (χ2v) is 8.97. The summed E-state index contributed by atoms with van der Waals surface area (Å²) in [5, 5.41) is 10.1. The molecule has 0 spiro atoms. The Bertz CT molecular complexity index is 1300. The van der Waals surface area contributed by atoms with Crippen molar-refractivity contribution in [2.75, 3.05) is 0 Å². The molecule has 0 unspecified atom stereocenters. The predicted octanol–water partition coefficient (Wildman–Crippen LogP) is 1.13. The van der Waals surface area contributed by atoms with E-state index in [1.54, 1.807) is 12.1 Å². The van der Waals surface area contributed by atoms with Crippen molar-refractivity contribution in [1.29, 1.82) is 0 Å². The van der Waals surface area contributed by atoms with Crippen molar-refractivity contribution in [1.82, 2.24) is 29.4 Å². The second-order valence-electron chi connectivity index (χ2n) is 8.97. The molecule has 0 aliphatic carbocycles. The van der Waals surface area contributed by atoms with Crippen LogP contribution in [0.4, 0.5) is 0 Å². The van der Waals surface area contributed by atoms with Crippen LogP contribution in [0.1, 0.15) is 51.9 Å². The smallest absolute Gasteiger partial charge is 0.352 e. The van der Waals surface area contributed by atoms with Gasteiger partial charge in [0.1, 0.15) is 6.54 Å². The van der Waals surface area contributed by atoms with Gasteiger partial charge >= 0.3 is 5.69 Å². The summed E-state index contributed by atoms with van der Waals surface area (Å²) in [6, 6.07) is 4.49. The molecule has 0 saturated heterocycles. The maximum Gasteiger partial charge on any atom is 0.352 e. The molecule has 2 aromatic heterocycles. The highest BCUT2D eigenvalue weighted by molar-refractivity contribution is 5.98. The summed E-state index contributed by atoms with van der Waals surface area (Å²) in [5.41, 5.74) is -0.253. The Balaban J connectivity index is 2.29. The van der Waals surface area contributed by atoms with Gasteiger partial charge in [0.2, 0.25) is 11.7 Å². The van der Waals surface area contributed by atoms with Crippen molar-refractivity contribution in [2.24, 2.45) is 5.92 Å². The Morgan fingerprint density at radius 1 is 1.00 bits per heavy atom. The quantitative estimate of drug-likeness (QED) is 0.568. The van der Waals surface area contributed by atoms with Gasteiger partial charge in [-0.25, -0.2) is 13.9 Å². The van der Waals surface area contributed by atoms with Crippen molar-refractivity contribution in [3.8, 4) is 0 Å². The lowest BCUT2D eigenvalue weighted by molar-refractivity contribution is -0.122. The number of hydrogen-bond donors (Lipinski definition) is 2. The molecule has 2 heterocycles. The second kappa shape index (κ2) is 8.97. The normalized spacial score (nSPS) is 11.8. The predicted molar refractivity (Wildman–Crippen MR) is 122 cm³/mol. The lowest BCUT2D eigenvalue weighted by Gasteiger charge is -2.13. The van der Waals surface area contributed by atoms with Gasteiger partial charge in [-0.2, -0.15) is 0 Å². The number of hydrogen-bond acceptors (Lipinski definition) is 5. The summed E-state index contributed by atoms with van der Waals surface area (Å²) in [6.07, 6.45) is 0. The lowest BCUT2D eigenvalue weighted by Crippen LogP contribution is -2.36. The monoisotopic (exact) mass is 442 g/mol. The van der Waals surface area contributed by atoms with E-state index in [4.69, 9.17) is 0 Å². The molecule has 10 nitrogen and oxygen atoms in total. The molecule has 0 aliphatic rings. The average molecular weight is 443 g/mol. The topological polar surface area (TPSA) is 120 Å². The van der Waals surface area contributed by atoms with Gasteiger partial charge in [-0.05, 0) is 51.8 Å². The minimum absolute atomic E-state index is 0.0674. The molecule has 172 valence electrons. The van der Waals surface area contributed by atoms with Gasteiger partial charge in [-0.1, -0.05) is 13.8 Å².